The van der Waals surface area contributed by atoms with Gasteiger partial charge in [-0.3, -0.25) is 9.69 Å². The summed E-state index contributed by atoms with van der Waals surface area (Å²) in [5.74, 6) is 0. The van der Waals surface area contributed by atoms with Gasteiger partial charge >= 0.3 is 0 Å². The smallest absolute Gasteiger partial charge is 0.267 e. The van der Waals surface area contributed by atoms with E-state index in [1.165, 1.54) is 53.4 Å². The summed E-state index contributed by atoms with van der Waals surface area (Å²) in [6.45, 7) is 5.71. The van der Waals surface area contributed by atoms with Crippen molar-refractivity contribution < 1.29 is 0 Å². The van der Waals surface area contributed by atoms with Crippen LogP contribution in [0.15, 0.2) is 10.9 Å². The quantitative estimate of drug-likeness (QED) is 0.790. The third-order valence-corrected chi connectivity index (χ3v) is 7.60. The Morgan fingerprint density at radius 2 is 1.64 bits per heavy atom. The van der Waals surface area contributed by atoms with Crippen LogP contribution in [0.2, 0.25) is 0 Å². The maximum absolute atomic E-state index is 12.4. The molecule has 1 saturated heterocycles. The van der Waals surface area contributed by atoms with Crippen molar-refractivity contribution in [3.05, 3.63) is 38.2 Å². The van der Waals surface area contributed by atoms with Gasteiger partial charge in [0.15, 0.2) is 5.13 Å². The van der Waals surface area contributed by atoms with E-state index in [0.717, 1.165) is 57.7 Å². The SMILES string of the molecule is O=c1cc2c(nn1CCN1CCN(c3nc4c(s3)CCCC4)CC1)CCCC2. The highest BCUT2D eigenvalue weighted by molar-refractivity contribution is 7.15. The summed E-state index contributed by atoms with van der Waals surface area (Å²) < 4.78 is 1.69. The standard InChI is InChI=1S/C21H29N5OS/c27-20-15-16-5-1-2-6-17(16)23-26(20)14-11-24-9-12-25(13-10-24)21-22-18-7-3-4-8-19(18)28-21/h15H,1-14H2. The Morgan fingerprint density at radius 1 is 0.893 bits per heavy atom. The molecule has 0 unspecified atom stereocenters. The van der Waals surface area contributed by atoms with Crippen molar-refractivity contribution in [2.24, 2.45) is 0 Å². The molecule has 0 N–H and O–H groups in total. The fourth-order valence-electron chi connectivity index (χ4n) is 4.63. The van der Waals surface area contributed by atoms with E-state index in [-0.39, 0.29) is 5.56 Å². The van der Waals surface area contributed by atoms with Crippen molar-refractivity contribution in [2.45, 2.75) is 57.9 Å². The molecule has 3 aliphatic rings. The van der Waals surface area contributed by atoms with E-state index < -0.39 is 0 Å². The van der Waals surface area contributed by atoms with Crippen molar-refractivity contribution in [3.63, 3.8) is 0 Å². The highest BCUT2D eigenvalue weighted by Crippen LogP contribution is 2.32. The number of hydrogen-bond acceptors (Lipinski definition) is 6. The molecule has 0 radical (unpaired) electrons. The van der Waals surface area contributed by atoms with E-state index in [4.69, 9.17) is 4.98 Å². The number of aromatic nitrogens is 3. The summed E-state index contributed by atoms with van der Waals surface area (Å²) in [6, 6.07) is 1.82. The number of anilines is 1. The van der Waals surface area contributed by atoms with E-state index in [1.54, 1.807) is 4.68 Å². The minimum Gasteiger partial charge on any atom is -0.346 e. The van der Waals surface area contributed by atoms with Crippen molar-refractivity contribution in [1.82, 2.24) is 19.7 Å². The van der Waals surface area contributed by atoms with Crippen molar-refractivity contribution >= 4 is 16.5 Å². The predicted molar refractivity (Wildman–Crippen MR) is 113 cm³/mol. The van der Waals surface area contributed by atoms with Crippen LogP contribution in [-0.2, 0) is 32.2 Å². The van der Waals surface area contributed by atoms with Gasteiger partial charge in [0.25, 0.3) is 5.56 Å². The van der Waals surface area contributed by atoms with Gasteiger partial charge in [-0.05, 0) is 56.9 Å². The van der Waals surface area contributed by atoms with Gasteiger partial charge in [-0.15, -0.1) is 11.3 Å². The van der Waals surface area contributed by atoms with Gasteiger partial charge in [-0.25, -0.2) is 9.67 Å². The molecular formula is C21H29N5OS. The Bertz CT molecular complexity index is 873. The summed E-state index contributed by atoms with van der Waals surface area (Å²) in [5, 5.41) is 5.88. The third kappa shape index (κ3) is 3.74. The first-order valence-electron chi connectivity index (χ1n) is 10.8. The van der Waals surface area contributed by atoms with Crippen LogP contribution in [0.3, 0.4) is 0 Å². The molecule has 6 nitrogen and oxygen atoms in total. The third-order valence-electron chi connectivity index (χ3n) is 6.38. The summed E-state index contributed by atoms with van der Waals surface area (Å²) in [5.41, 5.74) is 3.73. The van der Waals surface area contributed by atoms with Crippen LogP contribution in [0.4, 0.5) is 5.13 Å². The number of hydrogen-bond donors (Lipinski definition) is 0. The molecule has 0 bridgehead atoms. The predicted octanol–water partition coefficient (Wildman–Crippen LogP) is 2.28. The highest BCUT2D eigenvalue weighted by Gasteiger charge is 2.23. The zero-order valence-electron chi connectivity index (χ0n) is 16.5. The van der Waals surface area contributed by atoms with Crippen LogP contribution >= 0.6 is 11.3 Å². The molecule has 2 aliphatic carbocycles. The Labute approximate surface area is 170 Å². The largest absolute Gasteiger partial charge is 0.346 e. The fraction of sp³-hybridized carbons (Fsp3) is 0.667. The molecule has 0 amide bonds. The molecule has 5 rings (SSSR count). The minimum atomic E-state index is 0.0626. The van der Waals surface area contributed by atoms with Crippen LogP contribution < -0.4 is 10.5 Å². The topological polar surface area (TPSA) is 54.3 Å². The molecule has 0 atom stereocenters. The molecule has 1 aliphatic heterocycles. The first-order chi connectivity index (χ1) is 13.8. The molecule has 0 saturated carbocycles. The van der Waals surface area contributed by atoms with Crippen LogP contribution in [0.5, 0.6) is 0 Å². The van der Waals surface area contributed by atoms with Crippen molar-refractivity contribution in [3.8, 4) is 0 Å². The van der Waals surface area contributed by atoms with Gasteiger partial charge in [-0.2, -0.15) is 5.10 Å². The average molecular weight is 400 g/mol. The number of fused-ring (bicyclic) bond motifs is 2. The molecule has 2 aromatic rings. The van der Waals surface area contributed by atoms with Crippen LogP contribution in [0.1, 0.15) is 47.5 Å². The molecule has 3 heterocycles. The van der Waals surface area contributed by atoms with Gasteiger partial charge in [0, 0.05) is 43.7 Å². The summed E-state index contributed by atoms with van der Waals surface area (Å²) in [4.78, 5) is 23.7. The van der Waals surface area contributed by atoms with Crippen LogP contribution in [0, 0.1) is 0 Å². The lowest BCUT2D eigenvalue weighted by molar-refractivity contribution is 0.242. The van der Waals surface area contributed by atoms with E-state index in [9.17, 15) is 4.79 Å². The highest BCUT2D eigenvalue weighted by atomic mass is 32.1. The average Bonchev–Trinajstić information content (AvgIpc) is 3.17. The second-order valence-corrected chi connectivity index (χ2v) is 9.35. The lowest BCUT2D eigenvalue weighted by Crippen LogP contribution is -2.47. The Kier molecular flexibility index (Phi) is 5.20. The first kappa shape index (κ1) is 18.3. The number of nitrogens with zero attached hydrogens (tertiary/aromatic N) is 5. The molecule has 2 aromatic heterocycles. The van der Waals surface area contributed by atoms with E-state index in [0.29, 0.717) is 6.54 Å². The van der Waals surface area contributed by atoms with Gasteiger partial charge in [-0.1, -0.05) is 0 Å². The van der Waals surface area contributed by atoms with E-state index in [1.807, 2.05) is 17.4 Å². The zero-order chi connectivity index (χ0) is 18.9. The molecule has 0 spiro atoms. The first-order valence-corrected chi connectivity index (χ1v) is 11.6. The van der Waals surface area contributed by atoms with E-state index in [2.05, 4.69) is 14.9 Å². The number of aryl methyl sites for hydroxylation is 4. The monoisotopic (exact) mass is 399 g/mol. The number of piperazine rings is 1. The normalized spacial score (nSPS) is 20.1. The fourth-order valence-corrected chi connectivity index (χ4v) is 5.83. The van der Waals surface area contributed by atoms with Crippen LogP contribution in [0.25, 0.3) is 0 Å². The van der Waals surface area contributed by atoms with Crippen LogP contribution in [-0.4, -0.2) is 52.4 Å². The van der Waals surface area contributed by atoms with Gasteiger partial charge < -0.3 is 4.90 Å². The van der Waals surface area contributed by atoms with E-state index >= 15 is 0 Å². The second-order valence-electron chi connectivity index (χ2n) is 8.29. The zero-order valence-corrected chi connectivity index (χ0v) is 17.3. The van der Waals surface area contributed by atoms with Crippen molar-refractivity contribution in [2.75, 3.05) is 37.6 Å². The minimum absolute atomic E-state index is 0.0626. The molecular weight excluding hydrogens is 370 g/mol. The molecule has 28 heavy (non-hydrogen) atoms. The lowest BCUT2D eigenvalue weighted by Gasteiger charge is -2.34. The Morgan fingerprint density at radius 3 is 2.46 bits per heavy atom. The maximum atomic E-state index is 12.4. The second kappa shape index (κ2) is 7.95. The molecule has 150 valence electrons. The number of rotatable bonds is 4. The summed E-state index contributed by atoms with van der Waals surface area (Å²) in [7, 11) is 0. The molecule has 1 fully saturated rings. The number of thiazole rings is 1. The van der Waals surface area contributed by atoms with Gasteiger partial charge in [0.2, 0.25) is 0 Å². The lowest BCUT2D eigenvalue weighted by atomic mass is 9.97. The maximum Gasteiger partial charge on any atom is 0.267 e. The molecule has 7 heteroatoms. The van der Waals surface area contributed by atoms with Crippen molar-refractivity contribution in [1.29, 1.82) is 0 Å². The van der Waals surface area contributed by atoms with Gasteiger partial charge in [0.1, 0.15) is 0 Å². The van der Waals surface area contributed by atoms with Gasteiger partial charge in [0.05, 0.1) is 17.9 Å². The molecule has 0 aromatic carbocycles. The Hall–Kier alpha value is -1.73. The summed E-state index contributed by atoms with van der Waals surface area (Å²) in [6.07, 6.45) is 9.40. The Balaban J connectivity index is 1.17. The summed E-state index contributed by atoms with van der Waals surface area (Å²) >= 11 is 1.91.